The second-order valence-corrected chi connectivity index (χ2v) is 4.28. The Hall–Kier alpha value is -2.24. The summed E-state index contributed by atoms with van der Waals surface area (Å²) in [7, 11) is 0. The van der Waals surface area contributed by atoms with E-state index in [0.717, 1.165) is 10.8 Å². The molecule has 2 aromatic heterocycles. The molecule has 3 aromatic rings. The van der Waals surface area contributed by atoms with Crippen LogP contribution in [0, 0.1) is 0 Å². The maximum Gasteiger partial charge on any atom is 0.144 e. The van der Waals surface area contributed by atoms with Gasteiger partial charge in [0, 0.05) is 16.8 Å². The van der Waals surface area contributed by atoms with Crippen molar-refractivity contribution >= 4 is 21.8 Å². The van der Waals surface area contributed by atoms with Gasteiger partial charge in [0.15, 0.2) is 0 Å². The smallest absolute Gasteiger partial charge is 0.144 e. The molecule has 0 radical (unpaired) electrons. The number of hydrogen-bond donors (Lipinski definition) is 3. The first-order valence-corrected chi connectivity index (χ1v) is 5.86. The van der Waals surface area contributed by atoms with Crippen LogP contribution in [0.1, 0.15) is 11.4 Å². The average Bonchev–Trinajstić information content (AvgIpc) is 2.46. The zero-order valence-electron chi connectivity index (χ0n) is 10.0. The van der Waals surface area contributed by atoms with E-state index in [1.165, 1.54) is 6.07 Å². The molecule has 0 unspecified atom stereocenters. The molecule has 0 saturated carbocycles. The molecule has 0 saturated heterocycles. The standard InChI is InChI=1S/C14H12N2O3/c17-6-8-1-3-10-11-4-2-9(7-18)16-14(11)13(19)5-12(10)15-8/h1-5,17-19H,6-7H2. The fourth-order valence-corrected chi connectivity index (χ4v) is 2.14. The third-order valence-corrected chi connectivity index (χ3v) is 3.07. The summed E-state index contributed by atoms with van der Waals surface area (Å²) >= 11 is 0. The molecule has 19 heavy (non-hydrogen) atoms. The minimum Gasteiger partial charge on any atom is -0.506 e. The van der Waals surface area contributed by atoms with Crippen molar-refractivity contribution in [2.24, 2.45) is 0 Å². The number of aromatic hydroxyl groups is 1. The Morgan fingerprint density at radius 2 is 1.47 bits per heavy atom. The zero-order valence-corrected chi connectivity index (χ0v) is 10.0. The van der Waals surface area contributed by atoms with Gasteiger partial charge < -0.3 is 15.3 Å². The fraction of sp³-hybridized carbons (Fsp3) is 0.143. The predicted octanol–water partition coefficient (Wildman–Crippen LogP) is 1.47. The van der Waals surface area contributed by atoms with E-state index < -0.39 is 0 Å². The third kappa shape index (κ3) is 1.89. The van der Waals surface area contributed by atoms with Gasteiger partial charge in [0.2, 0.25) is 0 Å². The van der Waals surface area contributed by atoms with Crippen molar-refractivity contribution < 1.29 is 15.3 Å². The van der Waals surface area contributed by atoms with Gasteiger partial charge in [-0.15, -0.1) is 0 Å². The molecular weight excluding hydrogens is 244 g/mol. The van der Waals surface area contributed by atoms with E-state index in [2.05, 4.69) is 9.97 Å². The first kappa shape index (κ1) is 11.8. The second-order valence-electron chi connectivity index (χ2n) is 4.28. The Labute approximate surface area is 108 Å². The van der Waals surface area contributed by atoms with Gasteiger partial charge in [-0.3, -0.25) is 4.98 Å². The summed E-state index contributed by atoms with van der Waals surface area (Å²) in [6.45, 7) is -0.314. The number of aromatic nitrogens is 2. The number of fused-ring (bicyclic) bond motifs is 3. The Balaban J connectivity index is 2.39. The predicted molar refractivity (Wildman–Crippen MR) is 70.6 cm³/mol. The Morgan fingerprint density at radius 3 is 2.16 bits per heavy atom. The van der Waals surface area contributed by atoms with Crippen LogP contribution < -0.4 is 0 Å². The summed E-state index contributed by atoms with van der Waals surface area (Å²) in [5, 5.41) is 29.8. The molecule has 0 aliphatic heterocycles. The molecule has 3 rings (SSSR count). The van der Waals surface area contributed by atoms with Crippen LogP contribution >= 0.6 is 0 Å². The highest BCUT2D eigenvalue weighted by atomic mass is 16.3. The van der Waals surface area contributed by atoms with Crippen LogP contribution in [-0.4, -0.2) is 25.3 Å². The molecule has 1 aromatic carbocycles. The highest BCUT2D eigenvalue weighted by Crippen LogP contribution is 2.30. The Bertz CT molecular complexity index is 771. The van der Waals surface area contributed by atoms with E-state index in [-0.39, 0.29) is 19.0 Å². The van der Waals surface area contributed by atoms with Gasteiger partial charge in [-0.2, -0.15) is 0 Å². The van der Waals surface area contributed by atoms with Crippen LogP contribution in [0.3, 0.4) is 0 Å². The van der Waals surface area contributed by atoms with Gasteiger partial charge in [-0.05, 0) is 12.1 Å². The molecule has 0 spiro atoms. The van der Waals surface area contributed by atoms with Crippen molar-refractivity contribution in [3.8, 4) is 5.75 Å². The lowest BCUT2D eigenvalue weighted by molar-refractivity contribution is 0.277. The van der Waals surface area contributed by atoms with Gasteiger partial charge in [0.1, 0.15) is 11.3 Å². The summed E-state index contributed by atoms with van der Waals surface area (Å²) < 4.78 is 0. The van der Waals surface area contributed by atoms with E-state index in [4.69, 9.17) is 10.2 Å². The molecule has 5 heteroatoms. The van der Waals surface area contributed by atoms with Crippen molar-refractivity contribution in [1.29, 1.82) is 0 Å². The fourth-order valence-electron chi connectivity index (χ4n) is 2.14. The first-order chi connectivity index (χ1) is 9.22. The molecule has 0 bridgehead atoms. The van der Waals surface area contributed by atoms with Crippen molar-refractivity contribution in [2.45, 2.75) is 13.2 Å². The van der Waals surface area contributed by atoms with Crippen LogP contribution in [-0.2, 0) is 13.2 Å². The summed E-state index contributed by atoms with van der Waals surface area (Å²) in [6, 6.07) is 8.61. The van der Waals surface area contributed by atoms with E-state index in [1.807, 2.05) is 6.07 Å². The lowest BCUT2D eigenvalue weighted by Gasteiger charge is -2.07. The van der Waals surface area contributed by atoms with Crippen LogP contribution in [0.4, 0.5) is 0 Å². The molecular formula is C14H12N2O3. The van der Waals surface area contributed by atoms with Crippen LogP contribution in [0.2, 0.25) is 0 Å². The van der Waals surface area contributed by atoms with Crippen molar-refractivity contribution in [1.82, 2.24) is 9.97 Å². The number of pyridine rings is 2. The SMILES string of the molecule is OCc1ccc2c(cc(O)c3nc(CO)ccc32)n1. The lowest BCUT2D eigenvalue weighted by atomic mass is 10.1. The van der Waals surface area contributed by atoms with Gasteiger partial charge >= 0.3 is 0 Å². The maximum atomic E-state index is 10.0. The Kier molecular flexibility index (Phi) is 2.77. The van der Waals surface area contributed by atoms with Crippen molar-refractivity contribution in [3.63, 3.8) is 0 Å². The van der Waals surface area contributed by atoms with Crippen LogP contribution in [0.5, 0.6) is 5.75 Å². The maximum absolute atomic E-state index is 10.0. The molecule has 0 aliphatic carbocycles. The van der Waals surface area contributed by atoms with Crippen molar-refractivity contribution in [3.05, 3.63) is 41.7 Å². The highest BCUT2D eigenvalue weighted by molar-refractivity contribution is 6.07. The quantitative estimate of drug-likeness (QED) is 0.604. The molecule has 2 heterocycles. The number of aliphatic hydroxyl groups is 2. The molecule has 0 atom stereocenters. The normalized spacial score (nSPS) is 11.3. The zero-order chi connectivity index (χ0) is 13.4. The Morgan fingerprint density at radius 1 is 0.842 bits per heavy atom. The van der Waals surface area contributed by atoms with E-state index >= 15 is 0 Å². The number of aliphatic hydroxyl groups excluding tert-OH is 2. The molecule has 0 fully saturated rings. The summed E-state index contributed by atoms with van der Waals surface area (Å²) in [4.78, 5) is 8.47. The molecule has 5 nitrogen and oxygen atoms in total. The third-order valence-electron chi connectivity index (χ3n) is 3.07. The van der Waals surface area contributed by atoms with Gasteiger partial charge in [-0.25, -0.2) is 4.98 Å². The van der Waals surface area contributed by atoms with E-state index in [0.29, 0.717) is 22.4 Å². The summed E-state index contributed by atoms with van der Waals surface area (Å²) in [5.74, 6) is 0.0142. The number of benzene rings is 1. The van der Waals surface area contributed by atoms with E-state index in [1.54, 1.807) is 18.2 Å². The molecule has 0 amide bonds. The second kappa shape index (κ2) is 4.46. The van der Waals surface area contributed by atoms with Crippen LogP contribution in [0.15, 0.2) is 30.3 Å². The number of nitrogens with zero attached hydrogens (tertiary/aromatic N) is 2. The van der Waals surface area contributed by atoms with Gasteiger partial charge in [-0.1, -0.05) is 12.1 Å². The minimum atomic E-state index is -0.172. The lowest BCUT2D eigenvalue weighted by Crippen LogP contribution is -1.93. The molecule has 96 valence electrons. The number of rotatable bonds is 2. The van der Waals surface area contributed by atoms with Crippen LogP contribution in [0.25, 0.3) is 21.8 Å². The highest BCUT2D eigenvalue weighted by Gasteiger charge is 2.09. The van der Waals surface area contributed by atoms with Gasteiger partial charge in [0.05, 0.1) is 30.1 Å². The summed E-state index contributed by atoms with van der Waals surface area (Å²) in [5.41, 5.74) is 2.10. The van der Waals surface area contributed by atoms with Crippen molar-refractivity contribution in [2.75, 3.05) is 0 Å². The number of phenols is 1. The topological polar surface area (TPSA) is 86.5 Å². The first-order valence-electron chi connectivity index (χ1n) is 5.86. The molecule has 3 N–H and O–H groups in total. The largest absolute Gasteiger partial charge is 0.506 e. The number of phenolic OH excluding ortho intramolecular Hbond substituents is 1. The monoisotopic (exact) mass is 256 g/mol. The minimum absolute atomic E-state index is 0.0142. The summed E-state index contributed by atoms with van der Waals surface area (Å²) in [6.07, 6.45) is 0. The van der Waals surface area contributed by atoms with E-state index in [9.17, 15) is 5.11 Å². The van der Waals surface area contributed by atoms with Gasteiger partial charge in [0.25, 0.3) is 0 Å². The average molecular weight is 256 g/mol. The molecule has 0 aliphatic rings. The number of hydrogen-bond acceptors (Lipinski definition) is 5.